The number of carbonyl (C=O) groups is 1. The van der Waals surface area contributed by atoms with Crippen LogP contribution in [0.5, 0.6) is 5.75 Å². The zero-order chi connectivity index (χ0) is 14.4. The average molecular weight is 283 g/mol. The summed E-state index contributed by atoms with van der Waals surface area (Å²) in [5, 5.41) is 9.60. The van der Waals surface area contributed by atoms with Crippen molar-refractivity contribution in [2.45, 2.75) is 6.92 Å². The van der Waals surface area contributed by atoms with E-state index in [1.54, 1.807) is 6.07 Å². The molecule has 1 heterocycles. The Morgan fingerprint density at radius 1 is 1.37 bits per heavy atom. The van der Waals surface area contributed by atoms with E-state index in [2.05, 4.69) is 0 Å². The lowest BCUT2D eigenvalue weighted by atomic mass is 10.1. The molecule has 2 rings (SSSR count). The normalized spacial score (nSPS) is 11.7. The van der Waals surface area contributed by atoms with Gasteiger partial charge in [-0.2, -0.15) is 0 Å². The summed E-state index contributed by atoms with van der Waals surface area (Å²) in [7, 11) is -2.12. The summed E-state index contributed by atoms with van der Waals surface area (Å²) in [6, 6.07) is 4.65. The van der Waals surface area contributed by atoms with Crippen LogP contribution in [0, 0.1) is 6.92 Å². The molecule has 0 bridgehead atoms. The highest BCUT2D eigenvalue weighted by atomic mass is 32.2. The Morgan fingerprint density at radius 2 is 2.00 bits per heavy atom. The van der Waals surface area contributed by atoms with Gasteiger partial charge in [-0.25, -0.2) is 17.2 Å². The highest BCUT2D eigenvalue weighted by Gasteiger charge is 2.24. The van der Waals surface area contributed by atoms with Crippen molar-refractivity contribution >= 4 is 26.9 Å². The van der Waals surface area contributed by atoms with Gasteiger partial charge in [-0.05, 0) is 25.1 Å². The first-order valence-electron chi connectivity index (χ1n) is 5.40. The van der Waals surface area contributed by atoms with E-state index < -0.39 is 16.0 Å². The van der Waals surface area contributed by atoms with Crippen LogP contribution in [-0.4, -0.2) is 36.8 Å². The van der Waals surface area contributed by atoms with Crippen LogP contribution in [0.1, 0.15) is 16.1 Å². The number of carboxylic acids is 1. The lowest BCUT2D eigenvalue weighted by Gasteiger charge is -2.05. The van der Waals surface area contributed by atoms with Gasteiger partial charge in [0, 0.05) is 11.1 Å². The van der Waals surface area contributed by atoms with Gasteiger partial charge >= 0.3 is 5.97 Å². The Morgan fingerprint density at radius 3 is 2.47 bits per heavy atom. The lowest BCUT2D eigenvalue weighted by molar-refractivity contribution is 0.0698. The molecule has 2 aromatic rings. The van der Waals surface area contributed by atoms with Crippen LogP contribution < -0.4 is 4.74 Å². The molecule has 0 saturated carbocycles. The van der Waals surface area contributed by atoms with Gasteiger partial charge in [0.15, 0.2) is 0 Å². The summed E-state index contributed by atoms with van der Waals surface area (Å²) in [5.41, 5.74) is 0.482. The lowest BCUT2D eigenvalue weighted by Crippen LogP contribution is -2.12. The minimum Gasteiger partial charge on any atom is -0.497 e. The van der Waals surface area contributed by atoms with Gasteiger partial charge in [-0.15, -0.1) is 0 Å². The Balaban J connectivity index is 3.01. The fraction of sp³-hybridized carbons (Fsp3) is 0.250. The molecule has 0 aliphatic carbocycles. The molecular formula is C12H13NO5S. The molecule has 1 aromatic carbocycles. The SMILES string of the molecule is COc1ccc2c(c1)c(C(=O)O)c(C)n2S(C)(=O)=O. The highest BCUT2D eigenvalue weighted by molar-refractivity contribution is 7.89. The van der Waals surface area contributed by atoms with Crippen LogP contribution in [0.4, 0.5) is 0 Å². The highest BCUT2D eigenvalue weighted by Crippen LogP contribution is 2.30. The number of hydrogen-bond acceptors (Lipinski definition) is 4. The first-order chi connectivity index (χ1) is 8.77. The molecule has 0 spiro atoms. The summed E-state index contributed by atoms with van der Waals surface area (Å²) in [4.78, 5) is 11.3. The third kappa shape index (κ3) is 2.06. The monoisotopic (exact) mass is 283 g/mol. The van der Waals surface area contributed by atoms with Gasteiger partial charge < -0.3 is 9.84 Å². The molecular weight excluding hydrogens is 270 g/mol. The first-order valence-corrected chi connectivity index (χ1v) is 7.25. The second-order valence-corrected chi connectivity index (χ2v) is 6.01. The molecule has 102 valence electrons. The number of hydrogen-bond donors (Lipinski definition) is 1. The van der Waals surface area contributed by atoms with Gasteiger partial charge in [-0.1, -0.05) is 0 Å². The summed E-state index contributed by atoms with van der Waals surface area (Å²) < 4.78 is 29.7. The maximum atomic E-state index is 11.8. The van der Waals surface area contributed by atoms with E-state index >= 15 is 0 Å². The number of methoxy groups -OCH3 is 1. The van der Waals surface area contributed by atoms with Crippen LogP contribution in [0.2, 0.25) is 0 Å². The Hall–Kier alpha value is -2.02. The molecule has 19 heavy (non-hydrogen) atoms. The molecule has 1 aromatic heterocycles. The van der Waals surface area contributed by atoms with Gasteiger partial charge in [0.25, 0.3) is 0 Å². The number of aromatic carboxylic acids is 1. The summed E-state index contributed by atoms with van der Waals surface area (Å²) in [6.45, 7) is 1.47. The predicted octanol–water partition coefficient (Wildman–Crippen LogP) is 1.46. The van der Waals surface area contributed by atoms with Crippen LogP contribution in [0.25, 0.3) is 10.9 Å². The van der Waals surface area contributed by atoms with Crippen molar-refractivity contribution in [2.24, 2.45) is 0 Å². The van der Waals surface area contributed by atoms with Gasteiger partial charge in [0.05, 0.1) is 24.4 Å². The largest absolute Gasteiger partial charge is 0.497 e. The third-order valence-corrected chi connectivity index (χ3v) is 4.04. The van der Waals surface area contributed by atoms with E-state index in [0.717, 1.165) is 10.2 Å². The molecule has 7 heteroatoms. The Bertz CT molecular complexity index is 773. The summed E-state index contributed by atoms with van der Waals surface area (Å²) in [6.07, 6.45) is 1.04. The molecule has 0 saturated heterocycles. The van der Waals surface area contributed by atoms with Crippen molar-refractivity contribution < 1.29 is 23.1 Å². The molecule has 0 aliphatic rings. The number of carboxylic acid groups (broad SMARTS) is 1. The zero-order valence-corrected chi connectivity index (χ0v) is 11.5. The van der Waals surface area contributed by atoms with Crippen molar-refractivity contribution in [3.05, 3.63) is 29.5 Å². The number of benzene rings is 1. The van der Waals surface area contributed by atoms with E-state index in [-0.39, 0.29) is 11.3 Å². The van der Waals surface area contributed by atoms with Crippen molar-refractivity contribution in [1.29, 1.82) is 0 Å². The number of aromatic nitrogens is 1. The van der Waals surface area contributed by atoms with Crippen molar-refractivity contribution in [2.75, 3.05) is 13.4 Å². The van der Waals surface area contributed by atoms with E-state index in [0.29, 0.717) is 16.7 Å². The molecule has 0 radical (unpaired) electrons. The molecule has 0 amide bonds. The summed E-state index contributed by atoms with van der Waals surface area (Å²) in [5.74, 6) is -0.696. The standard InChI is InChI=1S/C12H13NO5S/c1-7-11(12(14)15)9-6-8(18-2)4-5-10(9)13(7)19(3,16)17/h4-6H,1-3H3,(H,14,15). The van der Waals surface area contributed by atoms with Crippen LogP contribution >= 0.6 is 0 Å². The number of nitrogens with zero attached hydrogens (tertiary/aromatic N) is 1. The van der Waals surface area contributed by atoms with E-state index in [1.807, 2.05) is 0 Å². The Labute approximate surface area is 110 Å². The molecule has 0 aliphatic heterocycles. The number of ether oxygens (including phenoxy) is 1. The number of fused-ring (bicyclic) bond motifs is 1. The minimum absolute atomic E-state index is 0.0284. The smallest absolute Gasteiger partial charge is 0.338 e. The van der Waals surface area contributed by atoms with Crippen LogP contribution in [0.3, 0.4) is 0 Å². The van der Waals surface area contributed by atoms with Crippen LogP contribution in [-0.2, 0) is 10.0 Å². The van der Waals surface area contributed by atoms with E-state index in [9.17, 15) is 18.3 Å². The van der Waals surface area contributed by atoms with Crippen molar-refractivity contribution in [1.82, 2.24) is 3.97 Å². The van der Waals surface area contributed by atoms with E-state index in [1.165, 1.54) is 26.2 Å². The molecule has 1 N–H and O–H groups in total. The van der Waals surface area contributed by atoms with Crippen molar-refractivity contribution in [3.8, 4) is 5.75 Å². The fourth-order valence-corrected chi connectivity index (χ4v) is 3.30. The zero-order valence-electron chi connectivity index (χ0n) is 10.7. The summed E-state index contributed by atoms with van der Waals surface area (Å²) >= 11 is 0. The number of rotatable bonds is 3. The maximum Gasteiger partial charge on any atom is 0.338 e. The van der Waals surface area contributed by atoms with Crippen molar-refractivity contribution in [3.63, 3.8) is 0 Å². The minimum atomic E-state index is -3.58. The third-order valence-electron chi connectivity index (χ3n) is 2.90. The predicted molar refractivity (Wildman–Crippen MR) is 70.4 cm³/mol. The van der Waals surface area contributed by atoms with Gasteiger partial charge in [0.2, 0.25) is 10.0 Å². The van der Waals surface area contributed by atoms with Crippen LogP contribution in [0.15, 0.2) is 18.2 Å². The van der Waals surface area contributed by atoms with Gasteiger partial charge in [-0.3, -0.25) is 0 Å². The maximum absolute atomic E-state index is 11.8. The topological polar surface area (TPSA) is 85.6 Å². The molecule has 6 nitrogen and oxygen atoms in total. The molecule has 0 atom stereocenters. The second-order valence-electron chi connectivity index (χ2n) is 4.18. The molecule has 0 fully saturated rings. The molecule has 0 unspecified atom stereocenters. The second kappa shape index (κ2) is 4.27. The fourth-order valence-electron chi connectivity index (χ4n) is 2.19. The quantitative estimate of drug-likeness (QED) is 0.921. The van der Waals surface area contributed by atoms with Gasteiger partial charge in [0.1, 0.15) is 5.75 Å². The van der Waals surface area contributed by atoms with E-state index in [4.69, 9.17) is 4.74 Å². The Kier molecular flexibility index (Phi) is 3.01. The first kappa shape index (κ1) is 13.4. The average Bonchev–Trinajstić information content (AvgIpc) is 2.59.